The molecule has 2 aromatic rings. The zero-order valence-electron chi connectivity index (χ0n) is 11.5. The minimum Gasteiger partial charge on any atom is -0.378 e. The largest absolute Gasteiger partial charge is 0.378 e. The summed E-state index contributed by atoms with van der Waals surface area (Å²) in [4.78, 5) is 14.1. The number of anilines is 2. The number of aromatic nitrogens is 2. The van der Waals surface area contributed by atoms with Gasteiger partial charge < -0.3 is 15.0 Å². The summed E-state index contributed by atoms with van der Waals surface area (Å²) < 4.78 is 5.30. The smallest absolute Gasteiger partial charge is 0.276 e. The number of morpholine rings is 1. The number of rotatable bonds is 3. The molecule has 0 unspecified atom stereocenters. The van der Waals surface area contributed by atoms with Gasteiger partial charge in [0.15, 0.2) is 11.5 Å². The maximum atomic E-state index is 12.1. The van der Waals surface area contributed by atoms with Crippen LogP contribution in [0.4, 0.5) is 11.5 Å². The van der Waals surface area contributed by atoms with E-state index in [1.165, 1.54) is 0 Å². The first kappa shape index (κ1) is 13.5. The third-order valence-corrected chi connectivity index (χ3v) is 3.25. The minimum absolute atomic E-state index is 0.262. The highest BCUT2D eigenvalue weighted by molar-refractivity contribution is 6.02. The Labute approximate surface area is 122 Å². The lowest BCUT2D eigenvalue weighted by Gasteiger charge is -2.27. The Morgan fingerprint density at radius 3 is 2.48 bits per heavy atom. The lowest BCUT2D eigenvalue weighted by atomic mass is 10.3. The average molecular weight is 284 g/mol. The fourth-order valence-electron chi connectivity index (χ4n) is 2.12. The highest BCUT2D eigenvalue weighted by atomic mass is 16.5. The van der Waals surface area contributed by atoms with Gasteiger partial charge in [-0.15, -0.1) is 10.2 Å². The van der Waals surface area contributed by atoms with E-state index >= 15 is 0 Å². The summed E-state index contributed by atoms with van der Waals surface area (Å²) in [5.74, 6) is 0.511. The molecule has 6 heteroatoms. The number of para-hydroxylation sites is 1. The molecule has 1 N–H and O–H groups in total. The maximum absolute atomic E-state index is 12.1. The molecular weight excluding hydrogens is 268 g/mol. The Balaban J connectivity index is 1.67. The molecule has 2 heterocycles. The van der Waals surface area contributed by atoms with Crippen LogP contribution in [0.15, 0.2) is 42.5 Å². The van der Waals surface area contributed by atoms with Crippen molar-refractivity contribution >= 4 is 17.4 Å². The SMILES string of the molecule is O=C(Nc1ccccc1)c1ccc(N2CCOCC2)nn1. The molecule has 0 atom stereocenters. The number of nitrogens with zero attached hydrogens (tertiary/aromatic N) is 3. The Bertz CT molecular complexity index is 595. The fraction of sp³-hybridized carbons (Fsp3) is 0.267. The van der Waals surface area contributed by atoms with Gasteiger partial charge in [-0.1, -0.05) is 18.2 Å². The molecule has 1 aromatic heterocycles. The number of nitrogens with one attached hydrogen (secondary N) is 1. The second-order valence-corrected chi connectivity index (χ2v) is 4.70. The summed E-state index contributed by atoms with van der Waals surface area (Å²) in [6, 6.07) is 12.8. The van der Waals surface area contributed by atoms with Crippen LogP contribution in [-0.4, -0.2) is 42.4 Å². The molecule has 1 saturated heterocycles. The van der Waals surface area contributed by atoms with E-state index in [0.29, 0.717) is 18.9 Å². The van der Waals surface area contributed by atoms with E-state index in [1.54, 1.807) is 6.07 Å². The van der Waals surface area contributed by atoms with Gasteiger partial charge in [-0.3, -0.25) is 4.79 Å². The van der Waals surface area contributed by atoms with Crippen molar-refractivity contribution in [2.75, 3.05) is 36.5 Å². The predicted octanol–water partition coefficient (Wildman–Crippen LogP) is 1.57. The summed E-state index contributed by atoms with van der Waals surface area (Å²) >= 11 is 0. The van der Waals surface area contributed by atoms with Crippen LogP contribution >= 0.6 is 0 Å². The first-order valence-corrected chi connectivity index (χ1v) is 6.86. The van der Waals surface area contributed by atoms with Gasteiger partial charge in [0.2, 0.25) is 0 Å². The maximum Gasteiger partial charge on any atom is 0.276 e. The van der Waals surface area contributed by atoms with E-state index in [0.717, 1.165) is 24.6 Å². The molecule has 0 aliphatic carbocycles. The van der Waals surface area contributed by atoms with Gasteiger partial charge >= 0.3 is 0 Å². The molecule has 6 nitrogen and oxygen atoms in total. The first-order chi connectivity index (χ1) is 10.3. The van der Waals surface area contributed by atoms with Gasteiger partial charge in [0.25, 0.3) is 5.91 Å². The van der Waals surface area contributed by atoms with Crippen molar-refractivity contribution < 1.29 is 9.53 Å². The molecule has 1 aliphatic rings. The fourth-order valence-corrected chi connectivity index (χ4v) is 2.12. The number of hydrogen-bond donors (Lipinski definition) is 1. The molecule has 21 heavy (non-hydrogen) atoms. The van der Waals surface area contributed by atoms with Gasteiger partial charge in [-0.05, 0) is 24.3 Å². The molecule has 3 rings (SSSR count). The van der Waals surface area contributed by atoms with Crippen LogP contribution in [-0.2, 0) is 4.74 Å². The van der Waals surface area contributed by atoms with E-state index in [4.69, 9.17) is 4.74 Å². The average Bonchev–Trinajstić information content (AvgIpc) is 2.57. The van der Waals surface area contributed by atoms with E-state index in [9.17, 15) is 4.79 Å². The van der Waals surface area contributed by atoms with Crippen molar-refractivity contribution in [3.63, 3.8) is 0 Å². The van der Waals surface area contributed by atoms with Crippen LogP contribution < -0.4 is 10.2 Å². The van der Waals surface area contributed by atoms with Gasteiger partial charge in [0.05, 0.1) is 13.2 Å². The van der Waals surface area contributed by atoms with Gasteiger partial charge in [0.1, 0.15) is 0 Å². The Hall–Kier alpha value is -2.47. The second-order valence-electron chi connectivity index (χ2n) is 4.70. The molecule has 1 aliphatic heterocycles. The van der Waals surface area contributed by atoms with Crippen molar-refractivity contribution in [2.45, 2.75) is 0 Å². The standard InChI is InChI=1S/C15H16N4O2/c20-15(16-12-4-2-1-3-5-12)13-6-7-14(18-17-13)19-8-10-21-11-9-19/h1-7H,8-11H2,(H,16,20). The molecular formula is C15H16N4O2. The Kier molecular flexibility index (Phi) is 4.07. The summed E-state index contributed by atoms with van der Waals surface area (Å²) in [7, 11) is 0. The minimum atomic E-state index is -0.262. The van der Waals surface area contributed by atoms with Crippen LogP contribution in [0, 0.1) is 0 Å². The third-order valence-electron chi connectivity index (χ3n) is 3.25. The predicted molar refractivity (Wildman–Crippen MR) is 79.5 cm³/mol. The molecule has 0 bridgehead atoms. The first-order valence-electron chi connectivity index (χ1n) is 6.86. The van der Waals surface area contributed by atoms with Crippen LogP contribution in [0.5, 0.6) is 0 Å². The Morgan fingerprint density at radius 1 is 1.05 bits per heavy atom. The summed E-state index contributed by atoms with van der Waals surface area (Å²) in [6.45, 7) is 2.98. The molecule has 1 fully saturated rings. The Morgan fingerprint density at radius 2 is 1.81 bits per heavy atom. The zero-order valence-corrected chi connectivity index (χ0v) is 11.5. The monoisotopic (exact) mass is 284 g/mol. The number of ether oxygens (including phenoxy) is 1. The topological polar surface area (TPSA) is 67.4 Å². The van der Waals surface area contributed by atoms with Crippen LogP contribution in [0.3, 0.4) is 0 Å². The molecule has 1 amide bonds. The lowest BCUT2D eigenvalue weighted by Crippen LogP contribution is -2.37. The lowest BCUT2D eigenvalue weighted by molar-refractivity contribution is 0.102. The highest BCUT2D eigenvalue weighted by Gasteiger charge is 2.14. The van der Waals surface area contributed by atoms with E-state index in [2.05, 4.69) is 20.4 Å². The van der Waals surface area contributed by atoms with E-state index in [1.807, 2.05) is 36.4 Å². The normalized spacial score (nSPS) is 14.8. The number of hydrogen-bond acceptors (Lipinski definition) is 5. The van der Waals surface area contributed by atoms with Gasteiger partial charge in [-0.25, -0.2) is 0 Å². The third kappa shape index (κ3) is 3.35. The summed E-state index contributed by atoms with van der Waals surface area (Å²) in [6.07, 6.45) is 0. The van der Waals surface area contributed by atoms with Gasteiger partial charge in [0, 0.05) is 18.8 Å². The van der Waals surface area contributed by atoms with Crippen molar-refractivity contribution in [1.29, 1.82) is 0 Å². The van der Waals surface area contributed by atoms with E-state index in [-0.39, 0.29) is 5.91 Å². The van der Waals surface area contributed by atoms with E-state index < -0.39 is 0 Å². The number of amides is 1. The summed E-state index contributed by atoms with van der Waals surface area (Å²) in [5.41, 5.74) is 1.04. The highest BCUT2D eigenvalue weighted by Crippen LogP contribution is 2.12. The van der Waals surface area contributed by atoms with Crippen molar-refractivity contribution in [2.24, 2.45) is 0 Å². The number of benzene rings is 1. The molecule has 1 aromatic carbocycles. The molecule has 0 spiro atoms. The van der Waals surface area contributed by atoms with Crippen LogP contribution in [0.25, 0.3) is 0 Å². The molecule has 0 saturated carbocycles. The van der Waals surface area contributed by atoms with Crippen LogP contribution in [0.2, 0.25) is 0 Å². The number of carbonyl (C=O) groups excluding carboxylic acids is 1. The van der Waals surface area contributed by atoms with Crippen molar-refractivity contribution in [3.05, 3.63) is 48.2 Å². The zero-order chi connectivity index (χ0) is 14.5. The molecule has 108 valence electrons. The second kappa shape index (κ2) is 6.32. The summed E-state index contributed by atoms with van der Waals surface area (Å²) in [5, 5.41) is 10.9. The number of carbonyl (C=O) groups is 1. The van der Waals surface area contributed by atoms with Crippen molar-refractivity contribution in [1.82, 2.24) is 10.2 Å². The quantitative estimate of drug-likeness (QED) is 0.926. The van der Waals surface area contributed by atoms with Crippen LogP contribution in [0.1, 0.15) is 10.5 Å². The van der Waals surface area contributed by atoms with Crippen molar-refractivity contribution in [3.8, 4) is 0 Å². The van der Waals surface area contributed by atoms with Gasteiger partial charge in [-0.2, -0.15) is 0 Å². The molecule has 0 radical (unpaired) electrons.